The number of methoxy groups -OCH3 is 1. The second-order valence-corrected chi connectivity index (χ2v) is 5.21. The number of nitrogens with one attached hydrogen (secondary N) is 1. The number of aromatic nitrogens is 2. The summed E-state index contributed by atoms with van der Waals surface area (Å²) in [5.74, 6) is 1.36. The van der Waals surface area contributed by atoms with Crippen molar-refractivity contribution in [3.05, 3.63) is 60.3 Å². The van der Waals surface area contributed by atoms with E-state index in [-0.39, 0.29) is 5.75 Å². The van der Waals surface area contributed by atoms with Gasteiger partial charge in [0.25, 0.3) is 0 Å². The summed E-state index contributed by atoms with van der Waals surface area (Å²) in [6.45, 7) is 0.460. The van der Waals surface area contributed by atoms with Crippen LogP contribution in [0.3, 0.4) is 0 Å². The summed E-state index contributed by atoms with van der Waals surface area (Å²) in [6.07, 6.45) is 1.84. The van der Waals surface area contributed by atoms with Crippen LogP contribution in [0.4, 0.5) is 5.95 Å². The Bertz CT molecular complexity index is 797. The predicted molar refractivity (Wildman–Crippen MR) is 90.6 cm³/mol. The molecule has 3 rings (SSSR count). The number of benzene rings is 2. The average Bonchev–Trinajstić information content (AvgIpc) is 2.95. The highest BCUT2D eigenvalue weighted by Gasteiger charge is 2.10. The first-order valence-corrected chi connectivity index (χ1v) is 7.36. The van der Waals surface area contributed by atoms with Crippen molar-refractivity contribution >= 4 is 5.95 Å². The van der Waals surface area contributed by atoms with Gasteiger partial charge in [0.1, 0.15) is 0 Å². The molecule has 0 saturated heterocycles. The first kappa shape index (κ1) is 15.0. The monoisotopic (exact) mass is 309 g/mol. The van der Waals surface area contributed by atoms with Gasteiger partial charge in [0.15, 0.2) is 11.5 Å². The van der Waals surface area contributed by atoms with Crippen molar-refractivity contribution in [2.45, 2.75) is 6.54 Å². The van der Waals surface area contributed by atoms with E-state index in [2.05, 4.69) is 22.4 Å². The lowest BCUT2D eigenvalue weighted by atomic mass is 10.2. The summed E-state index contributed by atoms with van der Waals surface area (Å²) in [6, 6.07) is 15.5. The third-order valence-electron chi connectivity index (χ3n) is 3.80. The number of nitrogens with zero attached hydrogens (tertiary/aromatic N) is 2. The number of hydrogen-bond donors (Lipinski definition) is 2. The van der Waals surface area contributed by atoms with Gasteiger partial charge in [-0.3, -0.25) is 0 Å². The van der Waals surface area contributed by atoms with E-state index >= 15 is 0 Å². The largest absolute Gasteiger partial charge is 0.504 e. The van der Waals surface area contributed by atoms with Crippen LogP contribution in [0.15, 0.2) is 54.7 Å². The zero-order chi connectivity index (χ0) is 16.2. The zero-order valence-corrected chi connectivity index (χ0v) is 13.2. The van der Waals surface area contributed by atoms with Crippen molar-refractivity contribution in [2.75, 3.05) is 12.4 Å². The number of phenolic OH excluding ortho intramolecular Hbond substituents is 1. The number of anilines is 1. The quantitative estimate of drug-likeness (QED) is 0.758. The highest BCUT2D eigenvalue weighted by molar-refractivity contribution is 5.61. The van der Waals surface area contributed by atoms with Gasteiger partial charge in [-0.2, -0.15) is 0 Å². The van der Waals surface area contributed by atoms with Gasteiger partial charge in [-0.15, -0.1) is 0 Å². The summed E-state index contributed by atoms with van der Waals surface area (Å²) in [4.78, 5) is 4.42. The molecule has 0 aliphatic rings. The normalized spacial score (nSPS) is 10.5. The van der Waals surface area contributed by atoms with Gasteiger partial charge in [-0.05, 0) is 11.6 Å². The highest BCUT2D eigenvalue weighted by Crippen LogP contribution is 2.30. The molecule has 23 heavy (non-hydrogen) atoms. The van der Waals surface area contributed by atoms with Crippen LogP contribution in [-0.4, -0.2) is 21.8 Å². The third kappa shape index (κ3) is 2.99. The lowest BCUT2D eigenvalue weighted by molar-refractivity contribution is 0.371. The van der Waals surface area contributed by atoms with Crippen LogP contribution in [-0.2, 0) is 13.6 Å². The first-order chi connectivity index (χ1) is 11.2. The molecule has 0 fully saturated rings. The molecule has 2 N–H and O–H groups in total. The van der Waals surface area contributed by atoms with Crippen molar-refractivity contribution in [2.24, 2.45) is 7.05 Å². The molecule has 3 aromatic rings. The Labute approximate surface area is 135 Å². The van der Waals surface area contributed by atoms with E-state index in [4.69, 9.17) is 4.74 Å². The molecule has 1 aromatic heterocycles. The molecule has 5 nitrogen and oxygen atoms in total. The molecule has 0 spiro atoms. The molecule has 2 aromatic carbocycles. The summed E-state index contributed by atoms with van der Waals surface area (Å²) in [5.41, 5.74) is 2.90. The number of para-hydroxylation sites is 1. The zero-order valence-electron chi connectivity index (χ0n) is 13.2. The van der Waals surface area contributed by atoms with Crippen LogP contribution in [0, 0.1) is 0 Å². The highest BCUT2D eigenvalue weighted by atomic mass is 16.5. The molecule has 0 aliphatic heterocycles. The Morgan fingerprint density at radius 2 is 1.91 bits per heavy atom. The van der Waals surface area contributed by atoms with Gasteiger partial charge in [0, 0.05) is 19.2 Å². The second kappa shape index (κ2) is 6.44. The molecule has 5 heteroatoms. The fraction of sp³-hybridized carbons (Fsp3) is 0.167. The first-order valence-electron chi connectivity index (χ1n) is 7.36. The number of hydrogen-bond acceptors (Lipinski definition) is 4. The second-order valence-electron chi connectivity index (χ2n) is 5.21. The number of phenols is 1. The van der Waals surface area contributed by atoms with E-state index in [0.717, 1.165) is 22.8 Å². The summed E-state index contributed by atoms with van der Waals surface area (Å²) < 4.78 is 7.12. The molecule has 0 saturated carbocycles. The van der Waals surface area contributed by atoms with Gasteiger partial charge >= 0.3 is 0 Å². The molecule has 1 heterocycles. The Balaban J connectivity index is 1.79. The van der Waals surface area contributed by atoms with E-state index in [0.29, 0.717) is 12.3 Å². The van der Waals surface area contributed by atoms with Crippen molar-refractivity contribution in [1.29, 1.82) is 0 Å². The smallest absolute Gasteiger partial charge is 0.203 e. The third-order valence-corrected chi connectivity index (χ3v) is 3.80. The van der Waals surface area contributed by atoms with Gasteiger partial charge in [0.05, 0.1) is 19.0 Å². The fourth-order valence-electron chi connectivity index (χ4n) is 2.50. The van der Waals surface area contributed by atoms with E-state index < -0.39 is 0 Å². The molecule has 0 unspecified atom stereocenters. The maximum absolute atomic E-state index is 10.1. The molecule has 0 radical (unpaired) electrons. The minimum atomic E-state index is 0.153. The van der Waals surface area contributed by atoms with Crippen LogP contribution >= 0.6 is 0 Å². The van der Waals surface area contributed by atoms with Crippen LogP contribution in [0.25, 0.3) is 11.3 Å². The van der Waals surface area contributed by atoms with Crippen molar-refractivity contribution in [1.82, 2.24) is 9.55 Å². The summed E-state index contributed by atoms with van der Waals surface area (Å²) >= 11 is 0. The van der Waals surface area contributed by atoms with Crippen LogP contribution < -0.4 is 10.1 Å². The Hall–Kier alpha value is -2.95. The Morgan fingerprint density at radius 1 is 1.13 bits per heavy atom. The topological polar surface area (TPSA) is 59.3 Å². The van der Waals surface area contributed by atoms with Crippen LogP contribution in [0.5, 0.6) is 11.5 Å². The number of aromatic hydroxyl groups is 1. The van der Waals surface area contributed by atoms with Crippen LogP contribution in [0.2, 0.25) is 0 Å². The molecule has 0 atom stereocenters. The standard InChI is InChI=1S/C18H19N3O2/c1-21-15(13-7-4-3-5-8-13)12-20-18(21)19-11-14-9-6-10-16(23-2)17(14)22/h3-10,12,22H,11H2,1-2H3,(H,19,20). The maximum Gasteiger partial charge on any atom is 0.203 e. The molecule has 0 amide bonds. The number of ether oxygens (including phenoxy) is 1. The Morgan fingerprint density at radius 3 is 2.65 bits per heavy atom. The van der Waals surface area contributed by atoms with Crippen molar-refractivity contribution in [3.8, 4) is 22.8 Å². The number of rotatable bonds is 5. The SMILES string of the molecule is COc1cccc(CNc2ncc(-c3ccccc3)n2C)c1O. The molecule has 0 bridgehead atoms. The van der Waals surface area contributed by atoms with E-state index in [1.807, 2.05) is 48.1 Å². The minimum Gasteiger partial charge on any atom is -0.504 e. The Kier molecular flexibility index (Phi) is 4.19. The molecular weight excluding hydrogens is 290 g/mol. The lowest BCUT2D eigenvalue weighted by Gasteiger charge is -2.11. The van der Waals surface area contributed by atoms with Gasteiger partial charge in [-0.25, -0.2) is 4.98 Å². The lowest BCUT2D eigenvalue weighted by Crippen LogP contribution is -2.06. The van der Waals surface area contributed by atoms with Crippen molar-refractivity contribution < 1.29 is 9.84 Å². The predicted octanol–water partition coefficient (Wildman–Crippen LogP) is 3.41. The summed E-state index contributed by atoms with van der Waals surface area (Å²) in [5, 5.41) is 13.4. The van der Waals surface area contributed by atoms with E-state index in [1.54, 1.807) is 6.07 Å². The molecular formula is C18H19N3O2. The van der Waals surface area contributed by atoms with Crippen LogP contribution in [0.1, 0.15) is 5.56 Å². The van der Waals surface area contributed by atoms with Gasteiger partial charge in [0.2, 0.25) is 5.95 Å². The van der Waals surface area contributed by atoms with Gasteiger partial charge < -0.3 is 19.7 Å². The average molecular weight is 309 g/mol. The fourth-order valence-corrected chi connectivity index (χ4v) is 2.50. The van der Waals surface area contributed by atoms with E-state index in [9.17, 15) is 5.11 Å². The van der Waals surface area contributed by atoms with E-state index in [1.165, 1.54) is 7.11 Å². The molecule has 0 aliphatic carbocycles. The summed E-state index contributed by atoms with van der Waals surface area (Å²) in [7, 11) is 3.50. The van der Waals surface area contributed by atoms with Crippen molar-refractivity contribution in [3.63, 3.8) is 0 Å². The maximum atomic E-state index is 10.1. The number of imidazole rings is 1. The molecule has 118 valence electrons. The van der Waals surface area contributed by atoms with Gasteiger partial charge in [-0.1, -0.05) is 42.5 Å². The minimum absolute atomic E-state index is 0.153.